The zero-order chi connectivity index (χ0) is 24.1. The van der Waals surface area contributed by atoms with Crippen molar-refractivity contribution in [3.8, 4) is 17.2 Å². The van der Waals surface area contributed by atoms with Crippen molar-refractivity contribution >= 4 is 17.4 Å². The fourth-order valence-electron chi connectivity index (χ4n) is 3.41. The van der Waals surface area contributed by atoms with E-state index in [9.17, 15) is 14.0 Å². The number of ether oxygens (including phenoxy) is 1. The summed E-state index contributed by atoms with van der Waals surface area (Å²) in [4.78, 5) is 28.3. The summed E-state index contributed by atoms with van der Waals surface area (Å²) >= 11 is 0. The zero-order valence-electron chi connectivity index (χ0n) is 18.8. The van der Waals surface area contributed by atoms with Gasteiger partial charge in [0.2, 0.25) is 11.7 Å². The molecule has 1 heterocycles. The van der Waals surface area contributed by atoms with Crippen LogP contribution in [0.1, 0.15) is 61.3 Å². The number of carbonyl (C=O) groups excluding carboxylic acids is 2. The molecule has 1 atom stereocenters. The van der Waals surface area contributed by atoms with Gasteiger partial charge in [-0.2, -0.15) is 4.98 Å². The number of aliphatic hydroxyl groups excluding tert-OH is 1. The largest absolute Gasteiger partial charge is 0.483 e. The van der Waals surface area contributed by atoms with Crippen LogP contribution in [-0.4, -0.2) is 33.5 Å². The molecule has 0 bridgehead atoms. The second-order valence-electron chi connectivity index (χ2n) is 8.30. The third-order valence-electron chi connectivity index (χ3n) is 5.51. The van der Waals surface area contributed by atoms with Gasteiger partial charge in [-0.15, -0.1) is 0 Å². The number of rotatable bonds is 11. The first-order valence-electron chi connectivity index (χ1n) is 11.3. The fourth-order valence-corrected chi connectivity index (χ4v) is 3.41. The Morgan fingerprint density at radius 3 is 2.65 bits per heavy atom. The molecule has 1 amide bonds. The van der Waals surface area contributed by atoms with Gasteiger partial charge in [-0.3, -0.25) is 9.59 Å². The van der Waals surface area contributed by atoms with E-state index in [2.05, 4.69) is 15.5 Å². The van der Waals surface area contributed by atoms with Crippen LogP contribution in [0.5, 0.6) is 5.75 Å². The average Bonchev–Trinajstić information content (AvgIpc) is 3.56. The lowest BCUT2D eigenvalue weighted by molar-refractivity contribution is -0.116. The summed E-state index contributed by atoms with van der Waals surface area (Å²) in [6.45, 7) is 1.77. The Morgan fingerprint density at radius 2 is 1.97 bits per heavy atom. The number of nitrogens with one attached hydrogen (secondary N) is 1. The van der Waals surface area contributed by atoms with E-state index in [0.29, 0.717) is 29.7 Å². The van der Waals surface area contributed by atoms with Crippen LogP contribution < -0.4 is 10.1 Å². The van der Waals surface area contributed by atoms with Crippen molar-refractivity contribution in [2.75, 3.05) is 11.9 Å². The Labute approximate surface area is 196 Å². The molecule has 1 fully saturated rings. The Balaban J connectivity index is 1.37. The number of benzene rings is 2. The third kappa shape index (κ3) is 5.85. The first-order valence-corrected chi connectivity index (χ1v) is 11.3. The summed E-state index contributed by atoms with van der Waals surface area (Å²) in [5.74, 6) is 0.355. The molecule has 2 N–H and O–H groups in total. The molecule has 3 aromatic rings. The van der Waals surface area contributed by atoms with Gasteiger partial charge in [0.25, 0.3) is 5.89 Å². The number of amides is 1. The van der Waals surface area contributed by atoms with Crippen LogP contribution in [-0.2, 0) is 4.79 Å². The topological polar surface area (TPSA) is 115 Å². The number of halogens is 1. The smallest absolute Gasteiger partial charge is 0.258 e. The van der Waals surface area contributed by atoms with Gasteiger partial charge in [-0.05, 0) is 75.1 Å². The molecule has 1 unspecified atom stereocenters. The van der Waals surface area contributed by atoms with Gasteiger partial charge in [0.15, 0.2) is 11.9 Å². The molecule has 1 aliphatic rings. The number of aliphatic hydroxyl groups is 1. The van der Waals surface area contributed by atoms with Crippen LogP contribution in [0, 0.1) is 11.7 Å². The quantitative estimate of drug-likeness (QED) is 0.310. The maximum absolute atomic E-state index is 14.5. The molecule has 0 radical (unpaired) electrons. The zero-order valence-corrected chi connectivity index (χ0v) is 18.8. The van der Waals surface area contributed by atoms with Gasteiger partial charge < -0.3 is 19.7 Å². The standard InChI is InChI=1S/C25H26FN3O5/c1-15(33-19-10-7-17(8-11-19)23(32)16-5-6-16)24-28-25(34-29-24)18-9-12-21(20(26)14-18)27-22(31)4-2-3-13-30/h7-12,14-16,30H,2-6,13H2,1H3,(H,27,31). The maximum Gasteiger partial charge on any atom is 0.258 e. The molecule has 0 saturated heterocycles. The number of ketones is 1. The Bertz CT molecular complexity index is 1160. The molecule has 178 valence electrons. The van der Waals surface area contributed by atoms with Crippen molar-refractivity contribution in [1.29, 1.82) is 0 Å². The summed E-state index contributed by atoms with van der Waals surface area (Å²) in [7, 11) is 0. The van der Waals surface area contributed by atoms with Gasteiger partial charge in [-0.1, -0.05) is 5.16 Å². The van der Waals surface area contributed by atoms with E-state index in [1.807, 2.05) is 0 Å². The summed E-state index contributed by atoms with van der Waals surface area (Å²) in [5.41, 5.74) is 1.10. The van der Waals surface area contributed by atoms with Crippen LogP contribution in [0.3, 0.4) is 0 Å². The van der Waals surface area contributed by atoms with Gasteiger partial charge in [0, 0.05) is 30.1 Å². The van der Waals surface area contributed by atoms with Crippen LogP contribution in [0.4, 0.5) is 10.1 Å². The minimum absolute atomic E-state index is 0.0137. The molecular formula is C25H26FN3O5. The van der Waals surface area contributed by atoms with Crippen molar-refractivity contribution in [3.05, 3.63) is 59.7 Å². The number of hydrogen-bond acceptors (Lipinski definition) is 7. The van der Waals surface area contributed by atoms with E-state index in [4.69, 9.17) is 14.4 Å². The van der Waals surface area contributed by atoms with E-state index < -0.39 is 11.9 Å². The molecule has 0 spiro atoms. The minimum Gasteiger partial charge on any atom is -0.483 e. The second kappa shape index (κ2) is 10.6. The summed E-state index contributed by atoms with van der Waals surface area (Å²) in [5, 5.41) is 15.2. The Morgan fingerprint density at radius 1 is 1.21 bits per heavy atom. The number of anilines is 1. The first kappa shape index (κ1) is 23.6. The number of nitrogens with zero attached hydrogens (tertiary/aromatic N) is 2. The van der Waals surface area contributed by atoms with Crippen molar-refractivity contribution in [1.82, 2.24) is 10.1 Å². The van der Waals surface area contributed by atoms with Crippen molar-refractivity contribution < 1.29 is 28.3 Å². The van der Waals surface area contributed by atoms with Gasteiger partial charge in [0.05, 0.1) is 5.69 Å². The van der Waals surface area contributed by atoms with E-state index in [0.717, 1.165) is 12.8 Å². The molecule has 4 rings (SSSR count). The highest BCUT2D eigenvalue weighted by atomic mass is 19.1. The van der Waals surface area contributed by atoms with Crippen LogP contribution in [0.15, 0.2) is 47.0 Å². The molecular weight excluding hydrogens is 441 g/mol. The predicted octanol–water partition coefficient (Wildman–Crippen LogP) is 4.71. The maximum atomic E-state index is 14.5. The molecule has 0 aliphatic heterocycles. The molecule has 1 aliphatic carbocycles. The first-order chi connectivity index (χ1) is 16.4. The fraction of sp³-hybridized carbons (Fsp3) is 0.360. The van der Waals surface area contributed by atoms with Crippen molar-refractivity contribution in [3.63, 3.8) is 0 Å². The van der Waals surface area contributed by atoms with E-state index >= 15 is 0 Å². The number of carbonyl (C=O) groups is 2. The molecule has 34 heavy (non-hydrogen) atoms. The molecule has 1 aromatic heterocycles. The molecule has 8 nitrogen and oxygen atoms in total. The third-order valence-corrected chi connectivity index (χ3v) is 5.51. The average molecular weight is 467 g/mol. The molecule has 1 saturated carbocycles. The Kier molecular flexibility index (Phi) is 7.32. The number of unbranched alkanes of at least 4 members (excludes halogenated alkanes) is 1. The van der Waals surface area contributed by atoms with Crippen LogP contribution in [0.25, 0.3) is 11.5 Å². The lowest BCUT2D eigenvalue weighted by atomic mass is 10.1. The minimum atomic E-state index is -0.627. The normalized spacial score (nSPS) is 14.0. The molecule has 2 aromatic carbocycles. The monoisotopic (exact) mass is 467 g/mol. The SMILES string of the molecule is CC(Oc1ccc(C(=O)C2CC2)cc1)c1noc(-c2ccc(NC(=O)CCCCO)c(F)c2)n1. The van der Waals surface area contributed by atoms with Crippen LogP contribution >= 0.6 is 0 Å². The predicted molar refractivity (Wildman–Crippen MR) is 122 cm³/mol. The van der Waals surface area contributed by atoms with Gasteiger partial charge in [-0.25, -0.2) is 4.39 Å². The van der Waals surface area contributed by atoms with Crippen molar-refractivity contribution in [2.45, 2.75) is 45.1 Å². The number of Topliss-reactive ketones (excluding diaryl/α,β-unsaturated/α-hetero) is 1. The Hall–Kier alpha value is -3.59. The lowest BCUT2D eigenvalue weighted by Gasteiger charge is -2.11. The highest BCUT2D eigenvalue weighted by Gasteiger charge is 2.30. The van der Waals surface area contributed by atoms with Gasteiger partial charge in [0.1, 0.15) is 11.6 Å². The highest BCUT2D eigenvalue weighted by Crippen LogP contribution is 2.33. The van der Waals surface area contributed by atoms with Gasteiger partial charge >= 0.3 is 0 Å². The summed E-state index contributed by atoms with van der Waals surface area (Å²) < 4.78 is 25.6. The van der Waals surface area contributed by atoms with E-state index in [1.54, 1.807) is 37.3 Å². The lowest BCUT2D eigenvalue weighted by Crippen LogP contribution is -2.12. The second-order valence-corrected chi connectivity index (χ2v) is 8.30. The van der Waals surface area contributed by atoms with Crippen LogP contribution in [0.2, 0.25) is 0 Å². The molecule has 9 heteroatoms. The summed E-state index contributed by atoms with van der Waals surface area (Å²) in [6.07, 6.45) is 2.62. The number of hydrogen-bond donors (Lipinski definition) is 2. The van der Waals surface area contributed by atoms with Crippen molar-refractivity contribution in [2.24, 2.45) is 5.92 Å². The summed E-state index contributed by atoms with van der Waals surface area (Å²) in [6, 6.07) is 11.2. The highest BCUT2D eigenvalue weighted by molar-refractivity contribution is 5.99. The number of aromatic nitrogens is 2. The van der Waals surface area contributed by atoms with E-state index in [-0.39, 0.29) is 48.0 Å². The van der Waals surface area contributed by atoms with E-state index in [1.165, 1.54) is 12.1 Å².